The Labute approximate surface area is 128 Å². The number of rotatable bonds is 4. The van der Waals surface area contributed by atoms with Crippen LogP contribution in [-0.4, -0.2) is 11.1 Å². The maximum absolute atomic E-state index is 6.24. The Hall–Kier alpha value is -1.29. The van der Waals surface area contributed by atoms with Crippen LogP contribution in [0.25, 0.3) is 0 Å². The highest BCUT2D eigenvalue weighted by molar-refractivity contribution is 6.42. The van der Waals surface area contributed by atoms with E-state index in [0.29, 0.717) is 15.8 Å². The van der Waals surface area contributed by atoms with Crippen molar-refractivity contribution in [2.24, 2.45) is 5.73 Å². The van der Waals surface area contributed by atoms with Crippen LogP contribution < -0.4 is 10.5 Å². The van der Waals surface area contributed by atoms with E-state index >= 15 is 0 Å². The van der Waals surface area contributed by atoms with E-state index in [1.165, 1.54) is 0 Å². The lowest BCUT2D eigenvalue weighted by Crippen LogP contribution is -2.13. The van der Waals surface area contributed by atoms with E-state index in [0.717, 1.165) is 11.1 Å². The lowest BCUT2D eigenvalue weighted by Gasteiger charge is -2.15. The number of nitrogens with two attached hydrogens (primary N) is 1. The number of aromatic nitrogens is 1. The molecule has 0 aliphatic rings. The summed E-state index contributed by atoms with van der Waals surface area (Å²) in [6, 6.07) is 6.92. The summed E-state index contributed by atoms with van der Waals surface area (Å²) in [5, 5.41) is 1.000. The van der Waals surface area contributed by atoms with E-state index in [1.54, 1.807) is 24.5 Å². The van der Waals surface area contributed by atoms with Crippen LogP contribution >= 0.6 is 23.2 Å². The minimum absolute atomic E-state index is 0.0910. The second-order valence-corrected chi connectivity index (χ2v) is 5.59. The van der Waals surface area contributed by atoms with Crippen LogP contribution in [0.3, 0.4) is 0 Å². The maximum atomic E-state index is 6.24. The third-order valence-corrected chi connectivity index (χ3v) is 3.51. The number of hydrogen-bond acceptors (Lipinski definition) is 3. The topological polar surface area (TPSA) is 48.1 Å². The fourth-order valence-corrected chi connectivity index (χ4v) is 2.15. The highest BCUT2D eigenvalue weighted by Crippen LogP contribution is 2.28. The summed E-state index contributed by atoms with van der Waals surface area (Å²) in [4.78, 5) is 4.16. The third kappa shape index (κ3) is 3.63. The zero-order valence-corrected chi connectivity index (χ0v) is 12.8. The Morgan fingerprint density at radius 1 is 1.05 bits per heavy atom. The van der Waals surface area contributed by atoms with Crippen molar-refractivity contribution >= 4 is 23.2 Å². The molecule has 1 aromatic carbocycles. The molecule has 2 aromatic rings. The molecular weight excluding hydrogens is 295 g/mol. The highest BCUT2D eigenvalue weighted by atomic mass is 35.5. The molecule has 0 spiro atoms. The van der Waals surface area contributed by atoms with Crippen LogP contribution in [0.1, 0.15) is 31.0 Å². The molecule has 1 aromatic heterocycles. The van der Waals surface area contributed by atoms with Gasteiger partial charge in [-0.1, -0.05) is 29.3 Å². The van der Waals surface area contributed by atoms with Crippen molar-refractivity contribution < 1.29 is 4.74 Å². The Morgan fingerprint density at radius 2 is 1.80 bits per heavy atom. The summed E-state index contributed by atoms with van der Waals surface area (Å²) >= 11 is 11.9. The molecule has 2 N–H and O–H groups in total. The van der Waals surface area contributed by atoms with Gasteiger partial charge in [-0.25, -0.2) is 0 Å². The Bertz CT molecular complexity index is 602. The number of pyridine rings is 1. The average Bonchev–Trinajstić information content (AvgIpc) is 2.40. The lowest BCUT2D eigenvalue weighted by molar-refractivity contribution is 0.241. The fraction of sp³-hybridized carbons (Fsp3) is 0.267. The number of ether oxygens (including phenoxy) is 1. The summed E-state index contributed by atoms with van der Waals surface area (Å²) in [5.41, 5.74) is 7.98. The summed E-state index contributed by atoms with van der Waals surface area (Å²) in [7, 11) is 0. The summed E-state index contributed by atoms with van der Waals surface area (Å²) < 4.78 is 5.62. The van der Waals surface area contributed by atoms with Crippen molar-refractivity contribution in [3.8, 4) is 5.75 Å². The van der Waals surface area contributed by atoms with Gasteiger partial charge in [-0.3, -0.25) is 4.98 Å². The normalized spacial score (nSPS) is 12.5. The van der Waals surface area contributed by atoms with E-state index in [-0.39, 0.29) is 12.1 Å². The van der Waals surface area contributed by atoms with Crippen LogP contribution in [0.4, 0.5) is 0 Å². The first kappa shape index (κ1) is 15.1. The first-order valence-corrected chi connectivity index (χ1v) is 7.05. The molecule has 0 radical (unpaired) electrons. The minimum Gasteiger partial charge on any atom is -0.489 e. The lowest BCUT2D eigenvalue weighted by atomic mass is 10.0. The first-order valence-electron chi connectivity index (χ1n) is 6.29. The highest BCUT2D eigenvalue weighted by Gasteiger charge is 2.12. The van der Waals surface area contributed by atoms with Gasteiger partial charge in [-0.2, -0.15) is 0 Å². The van der Waals surface area contributed by atoms with E-state index in [9.17, 15) is 0 Å². The van der Waals surface area contributed by atoms with Gasteiger partial charge in [0.2, 0.25) is 0 Å². The van der Waals surface area contributed by atoms with Crippen molar-refractivity contribution in [2.75, 3.05) is 0 Å². The van der Waals surface area contributed by atoms with Crippen molar-refractivity contribution in [1.29, 1.82) is 0 Å². The average molecular weight is 311 g/mol. The molecule has 0 bridgehead atoms. The van der Waals surface area contributed by atoms with Crippen molar-refractivity contribution in [1.82, 2.24) is 4.98 Å². The molecule has 0 aliphatic heterocycles. The SMILES string of the molecule is CC(C)Oc1cncc(C(N)c2ccc(Cl)c(Cl)c2)c1. The van der Waals surface area contributed by atoms with E-state index < -0.39 is 0 Å². The van der Waals surface area contributed by atoms with Gasteiger partial charge < -0.3 is 10.5 Å². The molecule has 0 amide bonds. The molecule has 20 heavy (non-hydrogen) atoms. The fourth-order valence-electron chi connectivity index (χ4n) is 1.84. The van der Waals surface area contributed by atoms with E-state index in [1.807, 2.05) is 26.0 Å². The smallest absolute Gasteiger partial charge is 0.138 e. The molecule has 106 valence electrons. The number of benzene rings is 1. The molecule has 1 heterocycles. The predicted octanol–water partition coefficient (Wildman–Crippen LogP) is 4.22. The standard InChI is InChI=1S/C15H16Cl2N2O/c1-9(2)20-12-5-11(7-19-8-12)15(18)10-3-4-13(16)14(17)6-10/h3-9,15H,18H2,1-2H3. The first-order chi connectivity index (χ1) is 9.47. The summed E-state index contributed by atoms with van der Waals surface area (Å²) in [6.45, 7) is 3.93. The third-order valence-electron chi connectivity index (χ3n) is 2.77. The van der Waals surface area contributed by atoms with Crippen molar-refractivity contribution in [3.05, 3.63) is 57.8 Å². The van der Waals surface area contributed by atoms with Crippen LogP contribution in [0.15, 0.2) is 36.7 Å². The van der Waals surface area contributed by atoms with Gasteiger partial charge in [-0.05, 0) is 43.2 Å². The van der Waals surface area contributed by atoms with Crippen LogP contribution in [0.5, 0.6) is 5.75 Å². The Balaban J connectivity index is 2.28. The number of halogens is 2. The van der Waals surface area contributed by atoms with Gasteiger partial charge in [0.15, 0.2) is 0 Å². The minimum atomic E-state index is -0.326. The monoisotopic (exact) mass is 310 g/mol. The summed E-state index contributed by atoms with van der Waals surface area (Å²) in [5.74, 6) is 0.702. The Morgan fingerprint density at radius 3 is 2.45 bits per heavy atom. The Kier molecular flexibility index (Phi) is 4.86. The second kappa shape index (κ2) is 6.44. The van der Waals surface area contributed by atoms with Crippen molar-refractivity contribution in [3.63, 3.8) is 0 Å². The zero-order valence-electron chi connectivity index (χ0n) is 11.3. The maximum Gasteiger partial charge on any atom is 0.138 e. The van der Waals surface area contributed by atoms with E-state index in [2.05, 4.69) is 4.98 Å². The quantitative estimate of drug-likeness (QED) is 0.919. The molecule has 3 nitrogen and oxygen atoms in total. The van der Waals surface area contributed by atoms with Crippen LogP contribution in [0.2, 0.25) is 10.0 Å². The van der Waals surface area contributed by atoms with Gasteiger partial charge >= 0.3 is 0 Å². The molecule has 0 fully saturated rings. The molecule has 2 rings (SSSR count). The number of nitrogens with zero attached hydrogens (tertiary/aromatic N) is 1. The summed E-state index contributed by atoms with van der Waals surface area (Å²) in [6.07, 6.45) is 3.49. The van der Waals surface area contributed by atoms with Gasteiger partial charge in [0, 0.05) is 6.20 Å². The molecule has 0 aliphatic carbocycles. The molecule has 1 atom stereocenters. The molecule has 0 saturated heterocycles. The van der Waals surface area contributed by atoms with Crippen molar-refractivity contribution in [2.45, 2.75) is 26.0 Å². The molecular formula is C15H16Cl2N2O. The van der Waals surface area contributed by atoms with Gasteiger partial charge in [0.05, 0.1) is 28.4 Å². The van der Waals surface area contributed by atoms with Crippen LogP contribution in [0, 0.1) is 0 Å². The molecule has 1 unspecified atom stereocenters. The van der Waals surface area contributed by atoms with Crippen LogP contribution in [-0.2, 0) is 0 Å². The molecule has 0 saturated carbocycles. The van der Waals surface area contributed by atoms with Gasteiger partial charge in [0.25, 0.3) is 0 Å². The van der Waals surface area contributed by atoms with E-state index in [4.69, 9.17) is 33.7 Å². The molecule has 5 heteroatoms. The van der Waals surface area contributed by atoms with Gasteiger partial charge in [-0.15, -0.1) is 0 Å². The zero-order chi connectivity index (χ0) is 14.7. The van der Waals surface area contributed by atoms with Gasteiger partial charge in [0.1, 0.15) is 5.75 Å². The second-order valence-electron chi connectivity index (χ2n) is 4.77. The predicted molar refractivity (Wildman–Crippen MR) is 82.5 cm³/mol. The number of hydrogen-bond donors (Lipinski definition) is 1. The largest absolute Gasteiger partial charge is 0.489 e.